The molecule has 1 amide bonds. The molecule has 1 aliphatic rings. The fourth-order valence-corrected chi connectivity index (χ4v) is 3.85. The number of nitrogens with zero attached hydrogens (tertiary/aromatic N) is 4. The Morgan fingerprint density at radius 3 is 2.83 bits per heavy atom. The molecule has 2 aromatic carbocycles. The Morgan fingerprint density at radius 1 is 1.07 bits per heavy atom. The molecular formula is C22H19N5O2. The first-order chi connectivity index (χ1) is 14.3. The number of benzene rings is 2. The molecule has 7 nitrogen and oxygen atoms in total. The van der Waals surface area contributed by atoms with Gasteiger partial charge in [-0.3, -0.25) is 14.7 Å². The third-order valence-electron chi connectivity index (χ3n) is 5.30. The van der Waals surface area contributed by atoms with Crippen LogP contribution in [0.3, 0.4) is 0 Å². The summed E-state index contributed by atoms with van der Waals surface area (Å²) in [6.07, 6.45) is 4.12. The lowest BCUT2D eigenvalue weighted by atomic mass is 9.97. The Hall–Kier alpha value is -3.58. The number of carbonyl (C=O) groups is 1. The van der Waals surface area contributed by atoms with Gasteiger partial charge in [0.05, 0.1) is 0 Å². The van der Waals surface area contributed by atoms with Crippen molar-refractivity contribution in [1.29, 1.82) is 0 Å². The van der Waals surface area contributed by atoms with E-state index in [1.54, 1.807) is 24.5 Å². The van der Waals surface area contributed by atoms with E-state index in [4.69, 9.17) is 4.63 Å². The van der Waals surface area contributed by atoms with Crippen molar-refractivity contribution in [3.05, 3.63) is 83.2 Å². The Bertz CT molecular complexity index is 1170. The third-order valence-corrected chi connectivity index (χ3v) is 5.30. The van der Waals surface area contributed by atoms with Gasteiger partial charge in [-0.1, -0.05) is 24.3 Å². The minimum absolute atomic E-state index is 0.117. The van der Waals surface area contributed by atoms with Gasteiger partial charge in [0.15, 0.2) is 0 Å². The molecule has 7 heteroatoms. The molecule has 0 bridgehead atoms. The van der Waals surface area contributed by atoms with E-state index in [-0.39, 0.29) is 5.91 Å². The molecule has 0 saturated heterocycles. The van der Waals surface area contributed by atoms with Gasteiger partial charge in [-0.2, -0.15) is 0 Å². The molecule has 144 valence electrons. The number of nitrogens with one attached hydrogen (secondary N) is 1. The molecule has 3 heterocycles. The van der Waals surface area contributed by atoms with Gasteiger partial charge in [0.25, 0.3) is 5.91 Å². The SMILES string of the molecule is O=C(Nc1cccc2c1CCN(Cc1cccc3nonc13)C2)c1ccncc1. The van der Waals surface area contributed by atoms with Gasteiger partial charge >= 0.3 is 0 Å². The second kappa shape index (κ2) is 7.44. The predicted molar refractivity (Wildman–Crippen MR) is 108 cm³/mol. The van der Waals surface area contributed by atoms with Crippen LogP contribution in [0.5, 0.6) is 0 Å². The average Bonchev–Trinajstić information content (AvgIpc) is 3.24. The summed E-state index contributed by atoms with van der Waals surface area (Å²) in [5.41, 5.74) is 6.62. The average molecular weight is 385 g/mol. The number of fused-ring (bicyclic) bond motifs is 2. The summed E-state index contributed by atoms with van der Waals surface area (Å²) in [6, 6.07) is 15.5. The van der Waals surface area contributed by atoms with Crippen LogP contribution in [0.25, 0.3) is 11.0 Å². The monoisotopic (exact) mass is 385 g/mol. The number of rotatable bonds is 4. The van der Waals surface area contributed by atoms with Crippen molar-refractivity contribution >= 4 is 22.6 Å². The van der Waals surface area contributed by atoms with E-state index >= 15 is 0 Å². The lowest BCUT2D eigenvalue weighted by Gasteiger charge is -2.30. The zero-order valence-corrected chi connectivity index (χ0v) is 15.7. The van der Waals surface area contributed by atoms with Gasteiger partial charge in [-0.15, -0.1) is 0 Å². The second-order valence-electron chi connectivity index (χ2n) is 7.14. The van der Waals surface area contributed by atoms with Crippen molar-refractivity contribution < 1.29 is 9.42 Å². The molecule has 0 unspecified atom stereocenters. The zero-order chi connectivity index (χ0) is 19.6. The molecule has 1 N–H and O–H groups in total. The molecule has 0 radical (unpaired) electrons. The highest BCUT2D eigenvalue weighted by molar-refractivity contribution is 6.04. The van der Waals surface area contributed by atoms with E-state index in [0.717, 1.165) is 48.3 Å². The van der Waals surface area contributed by atoms with Crippen LogP contribution in [0.2, 0.25) is 0 Å². The van der Waals surface area contributed by atoms with Gasteiger partial charge in [-0.05, 0) is 57.7 Å². The number of hydrogen-bond donors (Lipinski definition) is 1. The molecule has 5 rings (SSSR count). The smallest absolute Gasteiger partial charge is 0.255 e. The highest BCUT2D eigenvalue weighted by atomic mass is 16.6. The van der Waals surface area contributed by atoms with E-state index in [9.17, 15) is 4.79 Å². The summed E-state index contributed by atoms with van der Waals surface area (Å²) in [7, 11) is 0. The van der Waals surface area contributed by atoms with Crippen LogP contribution in [-0.4, -0.2) is 32.6 Å². The third kappa shape index (κ3) is 3.48. The van der Waals surface area contributed by atoms with Crippen molar-refractivity contribution in [2.75, 3.05) is 11.9 Å². The number of carbonyl (C=O) groups excluding carboxylic acids is 1. The molecule has 0 atom stereocenters. The van der Waals surface area contributed by atoms with Gasteiger partial charge in [0.1, 0.15) is 11.0 Å². The van der Waals surface area contributed by atoms with Crippen molar-refractivity contribution in [3.63, 3.8) is 0 Å². The summed E-state index contributed by atoms with van der Waals surface area (Å²) in [5, 5.41) is 11.0. The topological polar surface area (TPSA) is 84.2 Å². The number of amides is 1. The summed E-state index contributed by atoms with van der Waals surface area (Å²) < 4.78 is 4.88. The van der Waals surface area contributed by atoms with Gasteiger partial charge < -0.3 is 5.32 Å². The molecule has 29 heavy (non-hydrogen) atoms. The van der Waals surface area contributed by atoms with Gasteiger partial charge in [0.2, 0.25) is 0 Å². The predicted octanol–water partition coefficient (Wildman–Crippen LogP) is 3.43. The quantitative estimate of drug-likeness (QED) is 0.579. The molecule has 0 saturated carbocycles. The molecule has 2 aromatic heterocycles. The van der Waals surface area contributed by atoms with Crippen LogP contribution in [0.4, 0.5) is 5.69 Å². The zero-order valence-electron chi connectivity index (χ0n) is 15.7. The van der Waals surface area contributed by atoms with E-state index in [2.05, 4.69) is 37.6 Å². The highest BCUT2D eigenvalue weighted by Crippen LogP contribution is 2.28. The van der Waals surface area contributed by atoms with Crippen LogP contribution in [0.1, 0.15) is 27.0 Å². The number of aromatic nitrogens is 3. The largest absolute Gasteiger partial charge is 0.322 e. The van der Waals surface area contributed by atoms with Crippen molar-refractivity contribution in [2.45, 2.75) is 19.5 Å². The fourth-order valence-electron chi connectivity index (χ4n) is 3.85. The molecule has 0 aliphatic carbocycles. The Morgan fingerprint density at radius 2 is 1.93 bits per heavy atom. The minimum atomic E-state index is -0.117. The summed E-state index contributed by atoms with van der Waals surface area (Å²) in [6.45, 7) is 2.49. The first-order valence-electron chi connectivity index (χ1n) is 9.52. The lowest BCUT2D eigenvalue weighted by molar-refractivity contribution is 0.102. The maximum Gasteiger partial charge on any atom is 0.255 e. The second-order valence-corrected chi connectivity index (χ2v) is 7.14. The molecule has 0 spiro atoms. The van der Waals surface area contributed by atoms with E-state index in [1.165, 1.54) is 11.1 Å². The van der Waals surface area contributed by atoms with E-state index < -0.39 is 0 Å². The van der Waals surface area contributed by atoms with Crippen molar-refractivity contribution in [3.8, 4) is 0 Å². The van der Waals surface area contributed by atoms with Crippen molar-refractivity contribution in [2.24, 2.45) is 0 Å². The Labute approximate surface area is 167 Å². The summed E-state index contributed by atoms with van der Waals surface area (Å²) >= 11 is 0. The fraction of sp³-hybridized carbons (Fsp3) is 0.182. The molecule has 0 fully saturated rings. The number of anilines is 1. The van der Waals surface area contributed by atoms with Crippen LogP contribution < -0.4 is 5.32 Å². The van der Waals surface area contributed by atoms with Gasteiger partial charge in [-0.25, -0.2) is 4.63 Å². The van der Waals surface area contributed by atoms with E-state index in [1.807, 2.05) is 24.3 Å². The summed E-state index contributed by atoms with van der Waals surface area (Å²) in [5.74, 6) is -0.117. The number of pyridine rings is 1. The molecule has 1 aliphatic heterocycles. The van der Waals surface area contributed by atoms with Crippen LogP contribution in [0.15, 0.2) is 65.6 Å². The first-order valence-corrected chi connectivity index (χ1v) is 9.52. The summed E-state index contributed by atoms with van der Waals surface area (Å²) in [4.78, 5) is 18.9. The van der Waals surface area contributed by atoms with Crippen LogP contribution in [-0.2, 0) is 19.5 Å². The number of hydrogen-bond acceptors (Lipinski definition) is 6. The standard InChI is InChI=1S/C22H19N5O2/c28-22(15-7-10-23-11-8-15)24-19-5-1-3-16-13-27(12-9-18(16)19)14-17-4-2-6-20-21(17)26-29-25-20/h1-8,10-11H,9,12-14H2,(H,24,28). The highest BCUT2D eigenvalue weighted by Gasteiger charge is 2.21. The first kappa shape index (κ1) is 17.5. The Balaban J connectivity index is 1.34. The normalized spacial score (nSPS) is 13.9. The van der Waals surface area contributed by atoms with Gasteiger partial charge in [0, 0.05) is 43.3 Å². The molecule has 4 aromatic rings. The Kier molecular flexibility index (Phi) is 4.50. The lowest BCUT2D eigenvalue weighted by Crippen LogP contribution is -2.31. The van der Waals surface area contributed by atoms with Crippen LogP contribution >= 0.6 is 0 Å². The maximum atomic E-state index is 12.5. The maximum absolute atomic E-state index is 12.5. The minimum Gasteiger partial charge on any atom is -0.322 e. The van der Waals surface area contributed by atoms with Crippen molar-refractivity contribution in [1.82, 2.24) is 20.2 Å². The van der Waals surface area contributed by atoms with Crippen LogP contribution in [0, 0.1) is 0 Å². The molecular weight excluding hydrogens is 366 g/mol. The van der Waals surface area contributed by atoms with E-state index in [0.29, 0.717) is 5.56 Å².